The number of amides is 1. The predicted molar refractivity (Wildman–Crippen MR) is 96.5 cm³/mol. The second-order valence-corrected chi connectivity index (χ2v) is 7.02. The third kappa shape index (κ3) is 3.06. The molecule has 1 aliphatic rings. The maximum atomic E-state index is 12.9. The third-order valence-electron chi connectivity index (χ3n) is 5.19. The normalized spacial score (nSPS) is 15.8. The van der Waals surface area contributed by atoms with Gasteiger partial charge in [-0.3, -0.25) is 9.48 Å². The molecule has 0 bridgehead atoms. The summed E-state index contributed by atoms with van der Waals surface area (Å²) in [6.07, 6.45) is 5.82. The summed E-state index contributed by atoms with van der Waals surface area (Å²) in [5.41, 5.74) is 2.88. The molecule has 1 saturated heterocycles. The number of aromatic nitrogens is 2. The Morgan fingerprint density at radius 3 is 2.80 bits per heavy atom. The molecular weight excluding hydrogens is 314 g/mol. The molecule has 0 saturated carbocycles. The fraction of sp³-hybridized carbons (Fsp3) is 0.400. The van der Waals surface area contributed by atoms with E-state index in [9.17, 15) is 4.79 Å². The van der Waals surface area contributed by atoms with Crippen molar-refractivity contribution in [3.05, 3.63) is 53.5 Å². The number of furan rings is 1. The van der Waals surface area contributed by atoms with E-state index in [-0.39, 0.29) is 5.91 Å². The van der Waals surface area contributed by atoms with Crippen molar-refractivity contribution in [2.75, 3.05) is 13.1 Å². The van der Waals surface area contributed by atoms with Gasteiger partial charge in [-0.25, -0.2) is 0 Å². The lowest BCUT2D eigenvalue weighted by Crippen LogP contribution is -2.39. The zero-order valence-corrected chi connectivity index (χ0v) is 14.7. The zero-order chi connectivity index (χ0) is 17.4. The molecule has 0 unspecified atom stereocenters. The lowest BCUT2D eigenvalue weighted by Gasteiger charge is -2.31. The summed E-state index contributed by atoms with van der Waals surface area (Å²) in [6.45, 7) is 6.49. The number of fused-ring (bicyclic) bond motifs is 1. The average molecular weight is 337 g/mol. The second kappa shape index (κ2) is 6.39. The number of piperidine rings is 1. The molecule has 0 atom stereocenters. The number of nitrogens with zero attached hydrogens (tertiary/aromatic N) is 3. The van der Waals surface area contributed by atoms with Gasteiger partial charge in [0.15, 0.2) is 5.76 Å². The minimum absolute atomic E-state index is 0.0175. The molecule has 5 nitrogen and oxygen atoms in total. The van der Waals surface area contributed by atoms with Crippen molar-refractivity contribution in [1.29, 1.82) is 0 Å². The van der Waals surface area contributed by atoms with Gasteiger partial charge in [0.2, 0.25) is 0 Å². The molecule has 0 N–H and O–H groups in total. The van der Waals surface area contributed by atoms with E-state index in [1.807, 2.05) is 54.0 Å². The molecule has 0 spiro atoms. The molecule has 5 heteroatoms. The summed E-state index contributed by atoms with van der Waals surface area (Å²) >= 11 is 0. The van der Waals surface area contributed by atoms with Crippen LogP contribution >= 0.6 is 0 Å². The van der Waals surface area contributed by atoms with Crippen LogP contribution in [0.2, 0.25) is 0 Å². The maximum absolute atomic E-state index is 12.9. The summed E-state index contributed by atoms with van der Waals surface area (Å²) in [5.74, 6) is 1.08. The monoisotopic (exact) mass is 337 g/mol. The molecule has 2 aromatic heterocycles. The Kier molecular flexibility index (Phi) is 4.07. The van der Waals surface area contributed by atoms with Crippen LogP contribution in [0, 0.1) is 19.8 Å². The molecule has 1 amide bonds. The first-order chi connectivity index (χ1) is 12.1. The molecule has 1 aliphatic heterocycles. The summed E-state index contributed by atoms with van der Waals surface area (Å²) in [6, 6.07) is 8.04. The Morgan fingerprint density at radius 1 is 1.28 bits per heavy atom. The molecule has 3 aromatic rings. The highest BCUT2D eigenvalue weighted by molar-refractivity contribution is 5.99. The molecule has 3 heterocycles. The minimum Gasteiger partial charge on any atom is -0.451 e. The van der Waals surface area contributed by atoms with Crippen LogP contribution in [0.3, 0.4) is 0 Å². The van der Waals surface area contributed by atoms with Gasteiger partial charge in [-0.1, -0.05) is 12.1 Å². The molecule has 0 radical (unpaired) electrons. The first kappa shape index (κ1) is 15.9. The van der Waals surface area contributed by atoms with Crippen molar-refractivity contribution in [3.8, 4) is 0 Å². The number of hydrogen-bond donors (Lipinski definition) is 0. The summed E-state index contributed by atoms with van der Waals surface area (Å²) in [4.78, 5) is 14.8. The highest BCUT2D eigenvalue weighted by atomic mass is 16.3. The van der Waals surface area contributed by atoms with Gasteiger partial charge >= 0.3 is 0 Å². The molecule has 25 heavy (non-hydrogen) atoms. The van der Waals surface area contributed by atoms with Crippen molar-refractivity contribution < 1.29 is 9.21 Å². The summed E-state index contributed by atoms with van der Waals surface area (Å²) < 4.78 is 7.88. The van der Waals surface area contributed by atoms with Gasteiger partial charge < -0.3 is 9.32 Å². The lowest BCUT2D eigenvalue weighted by atomic mass is 9.96. The highest BCUT2D eigenvalue weighted by Crippen LogP contribution is 2.28. The summed E-state index contributed by atoms with van der Waals surface area (Å²) in [5, 5.41) is 5.31. The van der Waals surface area contributed by atoms with Crippen LogP contribution in [0.4, 0.5) is 0 Å². The number of hydrogen-bond acceptors (Lipinski definition) is 3. The van der Waals surface area contributed by atoms with Gasteiger partial charge in [-0.05, 0) is 50.3 Å². The molecule has 130 valence electrons. The molecule has 1 aromatic carbocycles. The largest absolute Gasteiger partial charge is 0.451 e. The number of carbonyl (C=O) groups is 1. The number of rotatable bonds is 3. The fourth-order valence-corrected chi connectivity index (χ4v) is 3.67. The Balaban J connectivity index is 1.46. The van der Waals surface area contributed by atoms with Crippen LogP contribution in [0.5, 0.6) is 0 Å². The number of carbonyl (C=O) groups excluding carboxylic acids is 1. The van der Waals surface area contributed by atoms with Crippen LogP contribution in [0.1, 0.15) is 34.5 Å². The molecule has 4 rings (SSSR count). The van der Waals surface area contributed by atoms with Crippen molar-refractivity contribution in [3.63, 3.8) is 0 Å². The van der Waals surface area contributed by atoms with E-state index in [0.717, 1.165) is 54.6 Å². The number of benzene rings is 1. The fourth-order valence-electron chi connectivity index (χ4n) is 3.67. The van der Waals surface area contributed by atoms with E-state index >= 15 is 0 Å². The van der Waals surface area contributed by atoms with Gasteiger partial charge in [0, 0.05) is 43.0 Å². The summed E-state index contributed by atoms with van der Waals surface area (Å²) in [7, 11) is 0. The Labute approximate surface area is 147 Å². The van der Waals surface area contributed by atoms with Gasteiger partial charge in [0.25, 0.3) is 5.91 Å². The van der Waals surface area contributed by atoms with Gasteiger partial charge in [0.05, 0.1) is 0 Å². The Morgan fingerprint density at radius 2 is 2.08 bits per heavy atom. The Hall–Kier alpha value is -2.56. The van der Waals surface area contributed by atoms with E-state index < -0.39 is 0 Å². The second-order valence-electron chi connectivity index (χ2n) is 7.02. The number of likely N-dealkylation sites (tertiary alicyclic amines) is 1. The topological polar surface area (TPSA) is 51.3 Å². The minimum atomic E-state index is 0.0175. The molecule has 0 aliphatic carbocycles. The van der Waals surface area contributed by atoms with E-state index in [4.69, 9.17) is 4.42 Å². The van der Waals surface area contributed by atoms with Crippen molar-refractivity contribution in [2.45, 2.75) is 33.2 Å². The van der Waals surface area contributed by atoms with Crippen molar-refractivity contribution in [1.82, 2.24) is 14.7 Å². The SMILES string of the molecule is Cc1ccc2c(C)c(C(=O)N3CCC(Cn4cccn4)CC3)oc2c1. The first-order valence-electron chi connectivity index (χ1n) is 8.88. The predicted octanol–water partition coefficient (Wildman–Crippen LogP) is 3.80. The Bertz CT molecular complexity index is 887. The first-order valence-corrected chi connectivity index (χ1v) is 8.88. The van der Waals surface area contributed by atoms with Gasteiger partial charge in [-0.2, -0.15) is 5.10 Å². The maximum Gasteiger partial charge on any atom is 0.289 e. The van der Waals surface area contributed by atoms with Crippen LogP contribution < -0.4 is 0 Å². The quantitative estimate of drug-likeness (QED) is 0.730. The van der Waals surface area contributed by atoms with Crippen LogP contribution in [-0.4, -0.2) is 33.7 Å². The molecular formula is C20H23N3O2. The zero-order valence-electron chi connectivity index (χ0n) is 14.7. The van der Waals surface area contributed by atoms with E-state index in [1.165, 1.54) is 0 Å². The molecule has 1 fully saturated rings. The third-order valence-corrected chi connectivity index (χ3v) is 5.19. The smallest absolute Gasteiger partial charge is 0.289 e. The van der Waals surface area contributed by atoms with E-state index in [0.29, 0.717) is 11.7 Å². The van der Waals surface area contributed by atoms with Crippen LogP contribution in [0.15, 0.2) is 41.1 Å². The highest BCUT2D eigenvalue weighted by Gasteiger charge is 2.27. The standard InChI is InChI=1S/C20H23N3O2/c1-14-4-5-17-15(2)19(25-18(17)12-14)20(24)22-10-6-16(7-11-22)13-23-9-3-8-21-23/h3-5,8-9,12,16H,6-7,10-11,13H2,1-2H3. The average Bonchev–Trinajstić information content (AvgIpc) is 3.23. The number of aryl methyl sites for hydroxylation is 2. The van der Waals surface area contributed by atoms with Gasteiger partial charge in [-0.15, -0.1) is 0 Å². The van der Waals surface area contributed by atoms with Crippen molar-refractivity contribution in [2.24, 2.45) is 5.92 Å². The van der Waals surface area contributed by atoms with Crippen LogP contribution in [0.25, 0.3) is 11.0 Å². The van der Waals surface area contributed by atoms with E-state index in [2.05, 4.69) is 11.2 Å². The van der Waals surface area contributed by atoms with E-state index in [1.54, 1.807) is 0 Å². The van der Waals surface area contributed by atoms with Gasteiger partial charge in [0.1, 0.15) is 5.58 Å². The van der Waals surface area contributed by atoms with Crippen LogP contribution in [-0.2, 0) is 6.54 Å². The lowest BCUT2D eigenvalue weighted by molar-refractivity contribution is 0.0650. The van der Waals surface area contributed by atoms with Crippen molar-refractivity contribution >= 4 is 16.9 Å².